The lowest BCUT2D eigenvalue weighted by atomic mass is 10.1. The van der Waals surface area contributed by atoms with Crippen LogP contribution in [0.4, 0.5) is 11.4 Å². The molecule has 2 aromatic carbocycles. The Morgan fingerprint density at radius 1 is 1.09 bits per heavy atom. The van der Waals surface area contributed by atoms with Crippen LogP contribution in [0.2, 0.25) is 0 Å². The molecule has 0 fully saturated rings. The Hall–Kier alpha value is -2.49. The molecule has 0 saturated carbocycles. The molecule has 0 bridgehead atoms. The number of nitrogens with one attached hydrogen (secondary N) is 1. The molecule has 22 heavy (non-hydrogen) atoms. The normalized spacial score (nSPS) is 10.2. The molecule has 0 heterocycles. The number of hydrogen-bond acceptors (Lipinski definition) is 3. The molecule has 2 rings (SSSR count). The highest BCUT2D eigenvalue weighted by Gasteiger charge is 2.06. The number of rotatable bonds is 5. The van der Waals surface area contributed by atoms with Crippen LogP contribution in [0.1, 0.15) is 11.1 Å². The molecule has 0 aliphatic rings. The first kappa shape index (κ1) is 15.9. The SMILES string of the molecule is Cc1cccc(OCC(=O)Nc2ccc(N(C)C)cc2)c1C. The van der Waals surface area contributed by atoms with Gasteiger partial charge < -0.3 is 15.0 Å². The van der Waals surface area contributed by atoms with E-state index < -0.39 is 0 Å². The molecule has 0 aliphatic carbocycles. The van der Waals surface area contributed by atoms with Crippen molar-refractivity contribution in [3.63, 3.8) is 0 Å². The van der Waals surface area contributed by atoms with E-state index in [4.69, 9.17) is 4.74 Å². The number of hydrogen-bond donors (Lipinski definition) is 1. The van der Waals surface area contributed by atoms with Crippen molar-refractivity contribution in [2.75, 3.05) is 30.9 Å². The van der Waals surface area contributed by atoms with Crippen molar-refractivity contribution in [2.24, 2.45) is 0 Å². The summed E-state index contributed by atoms with van der Waals surface area (Å²) in [6, 6.07) is 13.5. The van der Waals surface area contributed by atoms with Crippen molar-refractivity contribution in [3.05, 3.63) is 53.6 Å². The van der Waals surface area contributed by atoms with Gasteiger partial charge in [0, 0.05) is 25.5 Å². The second kappa shape index (κ2) is 6.98. The van der Waals surface area contributed by atoms with Crippen molar-refractivity contribution in [1.82, 2.24) is 0 Å². The van der Waals surface area contributed by atoms with Gasteiger partial charge in [-0.05, 0) is 55.3 Å². The minimum atomic E-state index is -0.168. The highest BCUT2D eigenvalue weighted by Crippen LogP contribution is 2.20. The Kier molecular flexibility index (Phi) is 5.04. The smallest absolute Gasteiger partial charge is 0.262 e. The molecule has 0 aliphatic heterocycles. The zero-order valence-electron chi connectivity index (χ0n) is 13.5. The standard InChI is InChI=1S/C18H22N2O2/c1-13-6-5-7-17(14(13)2)22-12-18(21)19-15-8-10-16(11-9-15)20(3)4/h5-11H,12H2,1-4H3,(H,19,21). The van der Waals surface area contributed by atoms with Crippen LogP contribution in [-0.2, 0) is 4.79 Å². The fourth-order valence-electron chi connectivity index (χ4n) is 2.06. The summed E-state index contributed by atoms with van der Waals surface area (Å²) in [5.74, 6) is 0.580. The Bertz CT molecular complexity index is 649. The van der Waals surface area contributed by atoms with E-state index >= 15 is 0 Å². The maximum absolute atomic E-state index is 12.0. The van der Waals surface area contributed by atoms with Gasteiger partial charge in [-0.15, -0.1) is 0 Å². The van der Waals surface area contributed by atoms with E-state index in [-0.39, 0.29) is 12.5 Å². The second-order valence-corrected chi connectivity index (χ2v) is 5.48. The summed E-state index contributed by atoms with van der Waals surface area (Å²) in [6.45, 7) is 4.01. The number of carbonyl (C=O) groups is 1. The molecule has 0 radical (unpaired) electrons. The molecule has 4 nitrogen and oxygen atoms in total. The minimum Gasteiger partial charge on any atom is -0.483 e. The van der Waals surface area contributed by atoms with Gasteiger partial charge in [0.1, 0.15) is 5.75 Å². The van der Waals surface area contributed by atoms with Crippen LogP contribution in [0.15, 0.2) is 42.5 Å². The van der Waals surface area contributed by atoms with Gasteiger partial charge in [0.2, 0.25) is 0 Å². The predicted octanol–water partition coefficient (Wildman–Crippen LogP) is 3.39. The van der Waals surface area contributed by atoms with Crippen molar-refractivity contribution < 1.29 is 9.53 Å². The number of ether oxygens (including phenoxy) is 1. The molecule has 4 heteroatoms. The highest BCUT2D eigenvalue weighted by atomic mass is 16.5. The maximum atomic E-state index is 12.0. The number of amides is 1. The summed E-state index contributed by atoms with van der Waals surface area (Å²) in [5, 5.41) is 2.83. The van der Waals surface area contributed by atoms with Gasteiger partial charge in [0.15, 0.2) is 6.61 Å². The number of aryl methyl sites for hydroxylation is 1. The van der Waals surface area contributed by atoms with Gasteiger partial charge >= 0.3 is 0 Å². The third kappa shape index (κ3) is 4.01. The number of carbonyl (C=O) groups excluding carboxylic acids is 1. The van der Waals surface area contributed by atoms with E-state index in [0.29, 0.717) is 0 Å². The lowest BCUT2D eigenvalue weighted by Crippen LogP contribution is -2.20. The van der Waals surface area contributed by atoms with Gasteiger partial charge in [-0.25, -0.2) is 0 Å². The third-order valence-corrected chi connectivity index (χ3v) is 3.58. The maximum Gasteiger partial charge on any atom is 0.262 e. The lowest BCUT2D eigenvalue weighted by Gasteiger charge is -2.13. The van der Waals surface area contributed by atoms with Crippen LogP contribution in [0.25, 0.3) is 0 Å². The Balaban J connectivity index is 1.91. The highest BCUT2D eigenvalue weighted by molar-refractivity contribution is 5.92. The van der Waals surface area contributed by atoms with Crippen molar-refractivity contribution in [2.45, 2.75) is 13.8 Å². The number of nitrogens with zero attached hydrogens (tertiary/aromatic N) is 1. The fourth-order valence-corrected chi connectivity index (χ4v) is 2.06. The van der Waals surface area contributed by atoms with Crippen molar-refractivity contribution in [1.29, 1.82) is 0 Å². The first-order valence-corrected chi connectivity index (χ1v) is 7.23. The van der Waals surface area contributed by atoms with E-state index in [1.807, 2.05) is 75.3 Å². The largest absolute Gasteiger partial charge is 0.483 e. The second-order valence-electron chi connectivity index (χ2n) is 5.48. The van der Waals surface area contributed by atoms with Gasteiger partial charge in [0.25, 0.3) is 5.91 Å². The number of anilines is 2. The molecule has 2 aromatic rings. The average molecular weight is 298 g/mol. The summed E-state index contributed by atoms with van der Waals surface area (Å²) < 4.78 is 5.59. The third-order valence-electron chi connectivity index (χ3n) is 3.58. The number of benzene rings is 2. The molecule has 0 saturated heterocycles. The molecule has 0 aromatic heterocycles. The van der Waals surface area contributed by atoms with Crippen LogP contribution < -0.4 is 15.0 Å². The monoisotopic (exact) mass is 298 g/mol. The fraction of sp³-hybridized carbons (Fsp3) is 0.278. The van der Waals surface area contributed by atoms with Gasteiger partial charge in [-0.3, -0.25) is 4.79 Å². The lowest BCUT2D eigenvalue weighted by molar-refractivity contribution is -0.118. The van der Waals surface area contributed by atoms with Gasteiger partial charge in [-0.2, -0.15) is 0 Å². The molecule has 1 N–H and O–H groups in total. The first-order chi connectivity index (χ1) is 10.5. The first-order valence-electron chi connectivity index (χ1n) is 7.23. The van der Waals surface area contributed by atoms with E-state index in [2.05, 4.69) is 5.32 Å². The Morgan fingerprint density at radius 2 is 1.77 bits per heavy atom. The van der Waals surface area contributed by atoms with Gasteiger partial charge in [-0.1, -0.05) is 12.1 Å². The summed E-state index contributed by atoms with van der Waals surface area (Å²) in [5.41, 5.74) is 4.06. The summed E-state index contributed by atoms with van der Waals surface area (Å²) in [7, 11) is 3.96. The molecule has 0 atom stereocenters. The topological polar surface area (TPSA) is 41.6 Å². The Morgan fingerprint density at radius 3 is 2.41 bits per heavy atom. The van der Waals surface area contributed by atoms with E-state index in [0.717, 1.165) is 28.3 Å². The molecule has 0 unspecified atom stereocenters. The average Bonchev–Trinajstić information content (AvgIpc) is 2.49. The van der Waals surface area contributed by atoms with Gasteiger partial charge in [0.05, 0.1) is 0 Å². The zero-order valence-corrected chi connectivity index (χ0v) is 13.5. The molecule has 116 valence electrons. The quantitative estimate of drug-likeness (QED) is 0.920. The van der Waals surface area contributed by atoms with Crippen molar-refractivity contribution in [3.8, 4) is 5.75 Å². The van der Waals surface area contributed by atoms with E-state index in [9.17, 15) is 4.79 Å². The Labute approximate surface area is 131 Å². The van der Waals surface area contributed by atoms with E-state index in [1.165, 1.54) is 0 Å². The molecular formula is C18H22N2O2. The molecule has 1 amide bonds. The van der Waals surface area contributed by atoms with Crippen LogP contribution in [0.5, 0.6) is 5.75 Å². The predicted molar refractivity (Wildman–Crippen MR) is 90.8 cm³/mol. The van der Waals surface area contributed by atoms with Crippen LogP contribution >= 0.6 is 0 Å². The minimum absolute atomic E-state index is 0.000273. The molecule has 0 spiro atoms. The zero-order chi connectivity index (χ0) is 16.1. The van der Waals surface area contributed by atoms with Crippen LogP contribution in [-0.4, -0.2) is 26.6 Å². The van der Waals surface area contributed by atoms with Crippen molar-refractivity contribution >= 4 is 17.3 Å². The summed E-state index contributed by atoms with van der Waals surface area (Å²) in [4.78, 5) is 14.0. The summed E-state index contributed by atoms with van der Waals surface area (Å²) >= 11 is 0. The summed E-state index contributed by atoms with van der Waals surface area (Å²) in [6.07, 6.45) is 0. The van der Waals surface area contributed by atoms with E-state index in [1.54, 1.807) is 0 Å². The van der Waals surface area contributed by atoms with Crippen LogP contribution in [0.3, 0.4) is 0 Å². The van der Waals surface area contributed by atoms with Crippen LogP contribution in [0, 0.1) is 13.8 Å². The molecular weight excluding hydrogens is 276 g/mol.